The predicted molar refractivity (Wildman–Crippen MR) is 101 cm³/mol. The van der Waals surface area contributed by atoms with Crippen molar-refractivity contribution < 1.29 is 23.7 Å². The Bertz CT molecular complexity index is 1090. The first-order valence-electron chi connectivity index (χ1n) is 7.82. The molecule has 6 nitrogen and oxygen atoms in total. The quantitative estimate of drug-likeness (QED) is 0.667. The highest BCUT2D eigenvalue weighted by molar-refractivity contribution is 7.11. The lowest BCUT2D eigenvalue weighted by atomic mass is 10.1. The number of nitriles is 1. The van der Waals surface area contributed by atoms with Crippen molar-refractivity contribution in [3.05, 3.63) is 64.6 Å². The molecule has 0 aliphatic carbocycles. The minimum absolute atomic E-state index is 0. The Balaban J connectivity index is 0.00000225. The summed E-state index contributed by atoms with van der Waals surface area (Å²) in [7, 11) is 0. The highest BCUT2D eigenvalue weighted by Gasteiger charge is 2.16. The van der Waals surface area contributed by atoms with Gasteiger partial charge in [0.1, 0.15) is 16.6 Å². The van der Waals surface area contributed by atoms with Crippen LogP contribution in [0.3, 0.4) is 0 Å². The number of hydrogen-bond acceptors (Lipinski definition) is 6. The van der Waals surface area contributed by atoms with E-state index in [1.165, 1.54) is 23.6 Å². The van der Waals surface area contributed by atoms with Gasteiger partial charge in [0.05, 0.1) is 5.69 Å². The fourth-order valence-electron chi connectivity index (χ4n) is 2.47. The average molecular weight is 401 g/mol. The third-order valence-electron chi connectivity index (χ3n) is 3.83. The van der Waals surface area contributed by atoms with E-state index in [9.17, 15) is 14.0 Å². The van der Waals surface area contributed by atoms with Gasteiger partial charge < -0.3 is 20.3 Å². The number of fused-ring (bicyclic) bond motifs is 1. The Morgan fingerprint density at radius 2 is 1.96 bits per heavy atom. The number of rotatable bonds is 4. The van der Waals surface area contributed by atoms with E-state index in [1.807, 2.05) is 23.6 Å². The molecule has 1 aliphatic heterocycles. The van der Waals surface area contributed by atoms with Gasteiger partial charge in [-0.2, -0.15) is 5.26 Å². The summed E-state index contributed by atoms with van der Waals surface area (Å²) in [5, 5.41) is 14.5. The number of ether oxygens (including phenoxy) is 2. The van der Waals surface area contributed by atoms with E-state index in [0.717, 1.165) is 17.7 Å². The molecule has 0 saturated heterocycles. The van der Waals surface area contributed by atoms with E-state index in [2.05, 4.69) is 16.4 Å². The summed E-state index contributed by atoms with van der Waals surface area (Å²) in [6.07, 6.45) is 1.41. The number of benzene rings is 2. The molecule has 1 aromatic heterocycles. The fraction of sp³-hybridized carbons (Fsp3) is 0.0526. The summed E-state index contributed by atoms with van der Waals surface area (Å²) in [5.74, 6) is -0.565. The first-order valence-corrected chi connectivity index (χ1v) is 8.70. The number of nitrogens with one attached hydrogen (secondary N) is 1. The van der Waals surface area contributed by atoms with Gasteiger partial charge in [0.15, 0.2) is 23.1 Å². The molecule has 0 atom stereocenters. The van der Waals surface area contributed by atoms with Gasteiger partial charge in [0.2, 0.25) is 6.79 Å². The first-order chi connectivity index (χ1) is 13.1. The van der Waals surface area contributed by atoms with Gasteiger partial charge in [-0.25, -0.2) is 13.8 Å². The number of nitrogens with zero attached hydrogens (tertiary/aromatic N) is 2. The van der Waals surface area contributed by atoms with E-state index >= 15 is 0 Å². The molecule has 0 fully saturated rings. The second kappa shape index (κ2) is 8.04. The summed E-state index contributed by atoms with van der Waals surface area (Å²) in [4.78, 5) is 4.48. The SMILES string of the molecule is N#C/C(=C\Nc1ccc(F)c(F)c1)c1nc(-c2ccc3c(c2)OCO3)cs1.O. The summed E-state index contributed by atoms with van der Waals surface area (Å²) in [6, 6.07) is 11.0. The van der Waals surface area contributed by atoms with E-state index < -0.39 is 11.6 Å². The summed E-state index contributed by atoms with van der Waals surface area (Å²) < 4.78 is 36.9. The van der Waals surface area contributed by atoms with Crippen LogP contribution in [0.2, 0.25) is 0 Å². The third-order valence-corrected chi connectivity index (χ3v) is 4.70. The molecule has 142 valence electrons. The van der Waals surface area contributed by atoms with Crippen molar-refractivity contribution in [2.45, 2.75) is 0 Å². The van der Waals surface area contributed by atoms with Crippen LogP contribution in [0.25, 0.3) is 16.8 Å². The molecule has 2 aromatic carbocycles. The Morgan fingerprint density at radius 3 is 2.75 bits per heavy atom. The lowest BCUT2D eigenvalue weighted by molar-refractivity contribution is 0.174. The van der Waals surface area contributed by atoms with Crippen molar-refractivity contribution in [2.75, 3.05) is 12.1 Å². The van der Waals surface area contributed by atoms with Crippen LogP contribution in [0, 0.1) is 23.0 Å². The van der Waals surface area contributed by atoms with Crippen molar-refractivity contribution >= 4 is 22.6 Å². The summed E-state index contributed by atoms with van der Waals surface area (Å²) in [6.45, 7) is 0.193. The summed E-state index contributed by atoms with van der Waals surface area (Å²) in [5.41, 5.74) is 2.14. The standard InChI is InChI=1S/C19H11F2N3O2S.H2O/c20-14-3-2-13(6-15(14)21)23-8-12(7-22)19-24-16(9-27-19)11-1-4-17-18(5-11)26-10-25-17;/h1-6,8-9,23H,10H2;1H2/b12-8+;. The molecular formula is C19H13F2N3O3S. The molecule has 0 radical (unpaired) electrons. The van der Waals surface area contributed by atoms with Gasteiger partial charge in [-0.3, -0.25) is 0 Å². The lowest BCUT2D eigenvalue weighted by Crippen LogP contribution is -1.93. The van der Waals surface area contributed by atoms with Crippen molar-refractivity contribution in [1.29, 1.82) is 5.26 Å². The van der Waals surface area contributed by atoms with Gasteiger partial charge in [-0.05, 0) is 30.3 Å². The van der Waals surface area contributed by atoms with Gasteiger partial charge in [-0.1, -0.05) is 0 Å². The minimum Gasteiger partial charge on any atom is -0.454 e. The molecule has 0 bridgehead atoms. The Kier molecular flexibility index (Phi) is 5.54. The monoisotopic (exact) mass is 401 g/mol. The van der Waals surface area contributed by atoms with Gasteiger partial charge in [0.25, 0.3) is 0 Å². The number of halogens is 2. The van der Waals surface area contributed by atoms with Crippen molar-refractivity contribution in [1.82, 2.24) is 4.98 Å². The van der Waals surface area contributed by atoms with Crippen LogP contribution in [-0.4, -0.2) is 17.3 Å². The smallest absolute Gasteiger partial charge is 0.231 e. The van der Waals surface area contributed by atoms with Crippen LogP contribution in [0.4, 0.5) is 14.5 Å². The van der Waals surface area contributed by atoms with Gasteiger partial charge in [0, 0.05) is 28.9 Å². The molecule has 1 aliphatic rings. The predicted octanol–water partition coefficient (Wildman–Crippen LogP) is 3.97. The Morgan fingerprint density at radius 1 is 1.14 bits per heavy atom. The molecule has 0 amide bonds. The zero-order chi connectivity index (χ0) is 18.8. The highest BCUT2D eigenvalue weighted by Crippen LogP contribution is 2.36. The first kappa shape index (κ1) is 19.3. The van der Waals surface area contributed by atoms with Crippen LogP contribution in [0.1, 0.15) is 5.01 Å². The minimum atomic E-state index is -0.966. The van der Waals surface area contributed by atoms with Crippen LogP contribution < -0.4 is 14.8 Å². The van der Waals surface area contributed by atoms with E-state index in [-0.39, 0.29) is 17.8 Å². The maximum absolute atomic E-state index is 13.3. The summed E-state index contributed by atoms with van der Waals surface area (Å²) >= 11 is 1.30. The normalized spacial score (nSPS) is 12.2. The van der Waals surface area contributed by atoms with Crippen LogP contribution in [-0.2, 0) is 0 Å². The van der Waals surface area contributed by atoms with Crippen molar-refractivity contribution in [2.24, 2.45) is 0 Å². The molecule has 0 unspecified atom stereocenters. The second-order valence-corrected chi connectivity index (χ2v) is 6.41. The number of anilines is 1. The molecule has 9 heteroatoms. The molecule has 28 heavy (non-hydrogen) atoms. The zero-order valence-corrected chi connectivity index (χ0v) is 15.0. The Hall–Kier alpha value is -3.48. The maximum atomic E-state index is 13.3. The number of thiazole rings is 1. The van der Waals surface area contributed by atoms with Crippen molar-refractivity contribution in [3.63, 3.8) is 0 Å². The van der Waals surface area contributed by atoms with Crippen LogP contribution in [0.15, 0.2) is 48.0 Å². The largest absolute Gasteiger partial charge is 0.454 e. The molecule has 3 aromatic rings. The van der Waals surface area contributed by atoms with Crippen LogP contribution >= 0.6 is 11.3 Å². The molecule has 3 N–H and O–H groups in total. The fourth-order valence-corrected chi connectivity index (χ4v) is 3.26. The van der Waals surface area contributed by atoms with E-state index in [4.69, 9.17) is 9.47 Å². The number of hydrogen-bond donors (Lipinski definition) is 1. The average Bonchev–Trinajstić information content (AvgIpc) is 3.34. The molecular weight excluding hydrogens is 388 g/mol. The molecule has 4 rings (SSSR count). The number of aromatic nitrogens is 1. The van der Waals surface area contributed by atoms with E-state index in [0.29, 0.717) is 27.9 Å². The van der Waals surface area contributed by atoms with Gasteiger partial charge >= 0.3 is 0 Å². The highest BCUT2D eigenvalue weighted by atomic mass is 32.1. The van der Waals surface area contributed by atoms with Gasteiger partial charge in [-0.15, -0.1) is 11.3 Å². The topological polar surface area (TPSA) is 98.7 Å². The van der Waals surface area contributed by atoms with Crippen molar-refractivity contribution in [3.8, 4) is 28.8 Å². The van der Waals surface area contributed by atoms with E-state index in [1.54, 1.807) is 0 Å². The lowest BCUT2D eigenvalue weighted by Gasteiger charge is -2.02. The molecule has 0 spiro atoms. The molecule has 2 heterocycles. The third kappa shape index (κ3) is 3.78. The second-order valence-electron chi connectivity index (χ2n) is 5.55. The zero-order valence-electron chi connectivity index (χ0n) is 14.2. The molecule has 0 saturated carbocycles. The Labute approximate surface area is 162 Å². The van der Waals surface area contributed by atoms with Crippen LogP contribution in [0.5, 0.6) is 11.5 Å². The maximum Gasteiger partial charge on any atom is 0.231 e. The number of allylic oxidation sites excluding steroid dienone is 1.